The van der Waals surface area contributed by atoms with Crippen LogP contribution in [0.4, 0.5) is 0 Å². The van der Waals surface area contributed by atoms with Crippen LogP contribution in [0, 0.1) is 13.8 Å². The summed E-state index contributed by atoms with van der Waals surface area (Å²) in [7, 11) is -2.14. The van der Waals surface area contributed by atoms with Gasteiger partial charge < -0.3 is 4.74 Å². The van der Waals surface area contributed by atoms with Gasteiger partial charge in [0.25, 0.3) is 11.8 Å². The molecule has 0 heterocycles. The van der Waals surface area contributed by atoms with Gasteiger partial charge in [0.05, 0.1) is 4.90 Å². The molecule has 0 aromatic heterocycles. The maximum Gasteiger partial charge on any atom is 0.276 e. The Morgan fingerprint density at radius 3 is 2.30 bits per heavy atom. The molecule has 1 aliphatic rings. The van der Waals surface area contributed by atoms with Crippen LogP contribution in [-0.2, 0) is 14.8 Å². The molecule has 33 heavy (non-hydrogen) atoms. The Balaban J connectivity index is 1.59. The molecule has 0 atom stereocenters. The van der Waals surface area contributed by atoms with Gasteiger partial charge in [0.15, 0.2) is 6.61 Å². The fourth-order valence-corrected chi connectivity index (χ4v) is 5.47. The molecule has 0 aliphatic heterocycles. The number of carbonyl (C=O) groups excluding carboxylic acids is 2. The fraction of sp³-hybridized carbons (Fsp3) is 0.417. The van der Waals surface area contributed by atoms with E-state index in [1.807, 2.05) is 32.0 Å². The number of hydrogen-bond acceptors (Lipinski definition) is 5. The SMILES string of the molecule is Cc1cccc(C)c1OCC(=O)NNC(=O)c1cccc(S(=O)(=O)N(C)C2CCCCC2)c1. The van der Waals surface area contributed by atoms with Crippen molar-refractivity contribution >= 4 is 21.8 Å². The first kappa shape index (κ1) is 24.7. The number of nitrogens with zero attached hydrogens (tertiary/aromatic N) is 1. The molecule has 2 aromatic carbocycles. The Hall–Kier alpha value is -2.91. The van der Waals surface area contributed by atoms with Crippen LogP contribution >= 0.6 is 0 Å². The second-order valence-electron chi connectivity index (χ2n) is 8.35. The van der Waals surface area contributed by atoms with Gasteiger partial charge in [-0.3, -0.25) is 20.4 Å². The quantitative estimate of drug-likeness (QED) is 0.602. The summed E-state index contributed by atoms with van der Waals surface area (Å²) in [5.41, 5.74) is 6.55. The van der Waals surface area contributed by atoms with Crippen molar-refractivity contribution in [1.82, 2.24) is 15.2 Å². The zero-order valence-electron chi connectivity index (χ0n) is 19.3. The first-order valence-corrected chi connectivity index (χ1v) is 12.5. The lowest BCUT2D eigenvalue weighted by molar-refractivity contribution is -0.123. The normalized spacial score (nSPS) is 14.7. The van der Waals surface area contributed by atoms with Crippen LogP contribution in [0.15, 0.2) is 47.4 Å². The van der Waals surface area contributed by atoms with Crippen LogP contribution in [0.3, 0.4) is 0 Å². The Morgan fingerprint density at radius 1 is 1.00 bits per heavy atom. The number of para-hydroxylation sites is 1. The summed E-state index contributed by atoms with van der Waals surface area (Å²) in [5.74, 6) is -0.529. The number of aryl methyl sites for hydroxylation is 2. The zero-order chi connectivity index (χ0) is 24.0. The molecule has 2 amide bonds. The molecule has 0 unspecified atom stereocenters. The Labute approximate surface area is 195 Å². The lowest BCUT2D eigenvalue weighted by Gasteiger charge is -2.30. The second-order valence-corrected chi connectivity index (χ2v) is 10.4. The highest BCUT2D eigenvalue weighted by Crippen LogP contribution is 2.27. The van der Waals surface area contributed by atoms with E-state index < -0.39 is 21.8 Å². The molecule has 0 spiro atoms. The van der Waals surface area contributed by atoms with E-state index in [-0.39, 0.29) is 23.1 Å². The molecule has 1 fully saturated rings. The highest BCUT2D eigenvalue weighted by molar-refractivity contribution is 7.89. The van der Waals surface area contributed by atoms with E-state index in [1.54, 1.807) is 7.05 Å². The molecular formula is C24H31N3O5S. The average molecular weight is 474 g/mol. The highest BCUT2D eigenvalue weighted by atomic mass is 32.2. The molecule has 0 radical (unpaired) electrons. The number of amides is 2. The first-order valence-electron chi connectivity index (χ1n) is 11.1. The van der Waals surface area contributed by atoms with E-state index in [9.17, 15) is 18.0 Å². The van der Waals surface area contributed by atoms with Crippen molar-refractivity contribution in [3.63, 3.8) is 0 Å². The molecule has 2 aromatic rings. The predicted octanol–water partition coefficient (Wildman–Crippen LogP) is 3.10. The summed E-state index contributed by atoms with van der Waals surface area (Å²) in [5, 5.41) is 0. The van der Waals surface area contributed by atoms with Crippen molar-refractivity contribution in [2.45, 2.75) is 56.9 Å². The molecule has 2 N–H and O–H groups in total. The number of hydrogen-bond donors (Lipinski definition) is 2. The maximum absolute atomic E-state index is 13.1. The number of sulfonamides is 1. The number of benzene rings is 2. The van der Waals surface area contributed by atoms with Crippen molar-refractivity contribution in [3.05, 3.63) is 59.2 Å². The molecule has 3 rings (SSSR count). The van der Waals surface area contributed by atoms with Crippen molar-refractivity contribution in [2.75, 3.05) is 13.7 Å². The van der Waals surface area contributed by atoms with Gasteiger partial charge in [-0.2, -0.15) is 4.31 Å². The van der Waals surface area contributed by atoms with E-state index in [4.69, 9.17) is 4.74 Å². The van der Waals surface area contributed by atoms with Crippen molar-refractivity contribution in [3.8, 4) is 5.75 Å². The average Bonchev–Trinajstić information content (AvgIpc) is 2.82. The number of nitrogens with one attached hydrogen (secondary N) is 2. The van der Waals surface area contributed by atoms with Gasteiger partial charge in [-0.15, -0.1) is 0 Å². The zero-order valence-corrected chi connectivity index (χ0v) is 20.1. The Kier molecular flexibility index (Phi) is 8.10. The third-order valence-corrected chi connectivity index (χ3v) is 7.84. The third-order valence-electron chi connectivity index (χ3n) is 5.93. The summed E-state index contributed by atoms with van der Waals surface area (Å²) >= 11 is 0. The predicted molar refractivity (Wildman–Crippen MR) is 125 cm³/mol. The van der Waals surface area contributed by atoms with Crippen molar-refractivity contribution < 1.29 is 22.7 Å². The monoisotopic (exact) mass is 473 g/mol. The summed E-state index contributed by atoms with van der Waals surface area (Å²) in [6, 6.07) is 11.4. The number of carbonyl (C=O) groups is 2. The van der Waals surface area contributed by atoms with Crippen LogP contribution in [0.2, 0.25) is 0 Å². The summed E-state index contributed by atoms with van der Waals surface area (Å²) in [6.07, 6.45) is 4.83. The second kappa shape index (κ2) is 10.8. The third kappa shape index (κ3) is 6.11. The first-order chi connectivity index (χ1) is 15.7. The van der Waals surface area contributed by atoms with Crippen LogP contribution in [-0.4, -0.2) is 44.2 Å². The van der Waals surface area contributed by atoms with E-state index in [0.717, 1.165) is 43.2 Å². The van der Waals surface area contributed by atoms with Crippen LogP contribution in [0.1, 0.15) is 53.6 Å². The van der Waals surface area contributed by atoms with E-state index in [0.29, 0.717) is 5.75 Å². The van der Waals surface area contributed by atoms with E-state index in [2.05, 4.69) is 10.9 Å². The molecule has 0 saturated heterocycles. The van der Waals surface area contributed by atoms with E-state index in [1.165, 1.54) is 28.6 Å². The van der Waals surface area contributed by atoms with Gasteiger partial charge in [0.2, 0.25) is 10.0 Å². The molecule has 178 valence electrons. The van der Waals surface area contributed by atoms with Gasteiger partial charge in [-0.05, 0) is 56.0 Å². The maximum atomic E-state index is 13.1. The van der Waals surface area contributed by atoms with Crippen molar-refractivity contribution in [1.29, 1.82) is 0 Å². The van der Waals surface area contributed by atoms with Gasteiger partial charge >= 0.3 is 0 Å². The fourth-order valence-electron chi connectivity index (χ4n) is 4.00. The van der Waals surface area contributed by atoms with E-state index >= 15 is 0 Å². The van der Waals surface area contributed by atoms with Gasteiger partial charge in [-0.25, -0.2) is 8.42 Å². The van der Waals surface area contributed by atoms with Gasteiger partial charge in [0.1, 0.15) is 5.75 Å². The number of ether oxygens (including phenoxy) is 1. The Bertz CT molecular complexity index is 1090. The standard InChI is InChI=1S/C24H31N3O5S/c1-17-9-7-10-18(2)23(17)32-16-22(28)25-26-24(29)19-11-8-14-21(15-19)33(30,31)27(3)20-12-5-4-6-13-20/h7-11,14-15,20H,4-6,12-13,16H2,1-3H3,(H,25,28)(H,26,29). The van der Waals surface area contributed by atoms with Gasteiger partial charge in [-0.1, -0.05) is 43.5 Å². The van der Waals surface area contributed by atoms with Gasteiger partial charge in [0, 0.05) is 18.7 Å². The topological polar surface area (TPSA) is 105 Å². The minimum atomic E-state index is -3.73. The molecule has 9 heteroatoms. The summed E-state index contributed by atoms with van der Waals surface area (Å²) in [6.45, 7) is 3.50. The lowest BCUT2D eigenvalue weighted by Crippen LogP contribution is -2.44. The van der Waals surface area contributed by atoms with Crippen LogP contribution in [0.5, 0.6) is 5.75 Å². The molecule has 1 aliphatic carbocycles. The highest BCUT2D eigenvalue weighted by Gasteiger charge is 2.29. The summed E-state index contributed by atoms with van der Waals surface area (Å²) in [4.78, 5) is 24.7. The van der Waals surface area contributed by atoms with Crippen LogP contribution < -0.4 is 15.6 Å². The summed E-state index contributed by atoms with van der Waals surface area (Å²) < 4.78 is 33.1. The smallest absolute Gasteiger partial charge is 0.276 e. The minimum absolute atomic E-state index is 0.0302. The molecule has 8 nitrogen and oxygen atoms in total. The molecule has 0 bridgehead atoms. The number of rotatable bonds is 7. The largest absolute Gasteiger partial charge is 0.483 e. The van der Waals surface area contributed by atoms with Crippen molar-refractivity contribution in [2.24, 2.45) is 0 Å². The molecule has 1 saturated carbocycles. The molecular weight excluding hydrogens is 442 g/mol. The minimum Gasteiger partial charge on any atom is -0.483 e. The number of hydrazine groups is 1. The lowest BCUT2D eigenvalue weighted by atomic mass is 9.96. The van der Waals surface area contributed by atoms with Crippen LogP contribution in [0.25, 0.3) is 0 Å². The Morgan fingerprint density at radius 2 is 1.64 bits per heavy atom.